The van der Waals surface area contributed by atoms with Crippen molar-refractivity contribution in [3.05, 3.63) is 77.9 Å². The third-order valence-corrected chi connectivity index (χ3v) is 5.67. The molecule has 1 aliphatic heterocycles. The minimum atomic E-state index is 0.138. The summed E-state index contributed by atoms with van der Waals surface area (Å²) in [6.45, 7) is 6.74. The normalized spacial score (nSPS) is 15.0. The monoisotopic (exact) mass is 373 g/mol. The van der Waals surface area contributed by atoms with E-state index in [1.165, 1.54) is 11.1 Å². The molecule has 0 radical (unpaired) electrons. The van der Waals surface area contributed by atoms with Crippen LogP contribution in [0.25, 0.3) is 11.1 Å². The minimum Gasteiger partial charge on any atom is -0.338 e. The van der Waals surface area contributed by atoms with Crippen LogP contribution in [0.2, 0.25) is 0 Å². The van der Waals surface area contributed by atoms with E-state index in [0.29, 0.717) is 12.5 Å². The summed E-state index contributed by atoms with van der Waals surface area (Å²) in [4.78, 5) is 19.4. The zero-order chi connectivity index (χ0) is 19.5. The van der Waals surface area contributed by atoms with Gasteiger partial charge < -0.3 is 9.47 Å². The van der Waals surface area contributed by atoms with Crippen LogP contribution in [0.1, 0.15) is 41.4 Å². The van der Waals surface area contributed by atoms with Gasteiger partial charge in [0.15, 0.2) is 0 Å². The van der Waals surface area contributed by atoms with Crippen LogP contribution in [0.5, 0.6) is 0 Å². The van der Waals surface area contributed by atoms with Gasteiger partial charge in [-0.15, -0.1) is 0 Å². The Morgan fingerprint density at radius 2 is 1.71 bits per heavy atom. The number of nitrogens with zero attached hydrogens (tertiary/aromatic N) is 3. The van der Waals surface area contributed by atoms with E-state index in [2.05, 4.69) is 53.9 Å². The summed E-state index contributed by atoms with van der Waals surface area (Å²) in [5.74, 6) is 0.843. The maximum absolute atomic E-state index is 13.3. The lowest BCUT2D eigenvalue weighted by atomic mass is 9.99. The number of aryl methyl sites for hydroxylation is 1. The second kappa shape index (κ2) is 8.01. The zero-order valence-electron chi connectivity index (χ0n) is 16.6. The van der Waals surface area contributed by atoms with Gasteiger partial charge >= 0.3 is 0 Å². The summed E-state index contributed by atoms with van der Waals surface area (Å²) in [7, 11) is 0. The van der Waals surface area contributed by atoms with E-state index in [0.717, 1.165) is 42.8 Å². The average molecular weight is 374 g/mol. The molecule has 0 atom stereocenters. The molecule has 4 nitrogen and oxygen atoms in total. The molecule has 2 aromatic heterocycles. The number of pyridine rings is 1. The fourth-order valence-electron chi connectivity index (χ4n) is 3.79. The maximum Gasteiger partial charge on any atom is 0.270 e. The third-order valence-electron chi connectivity index (χ3n) is 5.67. The lowest BCUT2D eigenvalue weighted by molar-refractivity contribution is 0.0687. The molecule has 0 saturated carbocycles. The fourth-order valence-corrected chi connectivity index (χ4v) is 3.79. The van der Waals surface area contributed by atoms with Crippen molar-refractivity contribution in [2.24, 2.45) is 5.92 Å². The van der Waals surface area contributed by atoms with Crippen LogP contribution in [0.4, 0.5) is 0 Å². The lowest BCUT2D eigenvalue weighted by Crippen LogP contribution is -2.38. The zero-order valence-corrected chi connectivity index (χ0v) is 16.6. The van der Waals surface area contributed by atoms with Gasteiger partial charge in [0.05, 0.1) is 0 Å². The molecule has 1 fully saturated rings. The first-order valence-electron chi connectivity index (χ1n) is 10.1. The molecule has 144 valence electrons. The summed E-state index contributed by atoms with van der Waals surface area (Å²) in [6.07, 6.45) is 7.85. The van der Waals surface area contributed by atoms with Gasteiger partial charge in [0.2, 0.25) is 0 Å². The Labute approximate surface area is 166 Å². The highest BCUT2D eigenvalue weighted by Crippen LogP contribution is 2.25. The molecule has 0 spiro atoms. The van der Waals surface area contributed by atoms with Crippen molar-refractivity contribution >= 4 is 5.91 Å². The van der Waals surface area contributed by atoms with Gasteiger partial charge in [0.1, 0.15) is 5.69 Å². The highest BCUT2D eigenvalue weighted by atomic mass is 16.2. The number of benzene rings is 1. The topological polar surface area (TPSA) is 38.1 Å². The van der Waals surface area contributed by atoms with E-state index in [-0.39, 0.29) is 5.91 Å². The lowest BCUT2D eigenvalue weighted by Gasteiger charge is -2.30. The van der Waals surface area contributed by atoms with Crippen LogP contribution in [-0.2, 0) is 6.54 Å². The largest absolute Gasteiger partial charge is 0.338 e. The summed E-state index contributed by atoms with van der Waals surface area (Å²) in [5.41, 5.74) is 5.35. The van der Waals surface area contributed by atoms with Crippen LogP contribution in [-0.4, -0.2) is 33.4 Å². The molecular weight excluding hydrogens is 346 g/mol. The van der Waals surface area contributed by atoms with Gasteiger partial charge in [0, 0.05) is 43.8 Å². The Kier molecular flexibility index (Phi) is 5.29. The number of carbonyl (C=O) groups excluding carboxylic acids is 1. The van der Waals surface area contributed by atoms with E-state index in [9.17, 15) is 4.79 Å². The third kappa shape index (κ3) is 4.01. The first-order valence-corrected chi connectivity index (χ1v) is 10.1. The molecule has 4 heteroatoms. The summed E-state index contributed by atoms with van der Waals surface area (Å²) in [5, 5.41) is 0. The molecular formula is C24H27N3O. The van der Waals surface area contributed by atoms with Crippen molar-refractivity contribution in [2.45, 2.75) is 33.2 Å². The van der Waals surface area contributed by atoms with E-state index in [4.69, 9.17) is 0 Å². The number of piperidine rings is 1. The van der Waals surface area contributed by atoms with Crippen LogP contribution >= 0.6 is 0 Å². The molecule has 1 saturated heterocycles. The van der Waals surface area contributed by atoms with Gasteiger partial charge in [-0.2, -0.15) is 0 Å². The second-order valence-corrected chi connectivity index (χ2v) is 7.94. The number of hydrogen-bond donors (Lipinski definition) is 0. The van der Waals surface area contributed by atoms with Crippen molar-refractivity contribution < 1.29 is 4.79 Å². The van der Waals surface area contributed by atoms with Gasteiger partial charge in [0.25, 0.3) is 5.91 Å². The van der Waals surface area contributed by atoms with Gasteiger partial charge in [-0.3, -0.25) is 9.78 Å². The predicted molar refractivity (Wildman–Crippen MR) is 112 cm³/mol. The number of rotatable bonds is 4. The van der Waals surface area contributed by atoms with Crippen LogP contribution in [0.15, 0.2) is 61.1 Å². The van der Waals surface area contributed by atoms with E-state index < -0.39 is 0 Å². The number of carbonyl (C=O) groups is 1. The quantitative estimate of drug-likeness (QED) is 0.660. The highest BCUT2D eigenvalue weighted by molar-refractivity contribution is 5.94. The molecule has 0 bridgehead atoms. The molecule has 1 aliphatic rings. The molecule has 0 unspecified atom stereocenters. The van der Waals surface area contributed by atoms with Crippen molar-refractivity contribution in [1.82, 2.24) is 14.5 Å². The molecule has 1 aromatic carbocycles. The standard InChI is InChI=1S/C24H27N3O/c1-18-3-5-20(6-4-18)16-27-17-22(21-7-11-25-12-8-21)15-23(27)24(28)26-13-9-19(2)10-14-26/h3-8,11-12,15,17,19H,9-10,13-14,16H2,1-2H3. The molecule has 4 rings (SSSR count). The highest BCUT2D eigenvalue weighted by Gasteiger charge is 2.24. The van der Waals surface area contributed by atoms with Gasteiger partial charge in [-0.05, 0) is 55.0 Å². The van der Waals surface area contributed by atoms with Gasteiger partial charge in [-0.25, -0.2) is 0 Å². The van der Waals surface area contributed by atoms with Crippen molar-refractivity contribution in [1.29, 1.82) is 0 Å². The second-order valence-electron chi connectivity index (χ2n) is 7.94. The summed E-state index contributed by atoms with van der Waals surface area (Å²) in [6, 6.07) is 14.5. The van der Waals surface area contributed by atoms with Crippen LogP contribution < -0.4 is 0 Å². The molecule has 3 aromatic rings. The van der Waals surface area contributed by atoms with Gasteiger partial charge in [-0.1, -0.05) is 36.8 Å². The number of aromatic nitrogens is 2. The minimum absolute atomic E-state index is 0.138. The molecule has 3 heterocycles. The van der Waals surface area contributed by atoms with E-state index in [1.54, 1.807) is 12.4 Å². The maximum atomic E-state index is 13.3. The summed E-state index contributed by atoms with van der Waals surface area (Å²) < 4.78 is 2.10. The number of amides is 1. The van der Waals surface area contributed by atoms with Crippen LogP contribution in [0, 0.1) is 12.8 Å². The first-order chi connectivity index (χ1) is 13.6. The van der Waals surface area contributed by atoms with Crippen LogP contribution in [0.3, 0.4) is 0 Å². The number of likely N-dealkylation sites (tertiary alicyclic amines) is 1. The Morgan fingerprint density at radius 3 is 2.39 bits per heavy atom. The first kappa shape index (κ1) is 18.5. The van der Waals surface area contributed by atoms with Crippen molar-refractivity contribution in [3.63, 3.8) is 0 Å². The van der Waals surface area contributed by atoms with E-state index in [1.807, 2.05) is 23.1 Å². The molecule has 0 aliphatic carbocycles. The Hall–Kier alpha value is -2.88. The Bertz CT molecular complexity index is 936. The predicted octanol–water partition coefficient (Wildman–Crippen LogP) is 4.78. The Morgan fingerprint density at radius 1 is 1.04 bits per heavy atom. The molecule has 1 amide bonds. The Balaban J connectivity index is 1.67. The number of hydrogen-bond acceptors (Lipinski definition) is 2. The van der Waals surface area contributed by atoms with Crippen molar-refractivity contribution in [3.8, 4) is 11.1 Å². The molecule has 28 heavy (non-hydrogen) atoms. The smallest absolute Gasteiger partial charge is 0.270 e. The molecule has 0 N–H and O–H groups in total. The van der Waals surface area contributed by atoms with Crippen molar-refractivity contribution in [2.75, 3.05) is 13.1 Å². The SMILES string of the molecule is Cc1ccc(Cn2cc(-c3ccncc3)cc2C(=O)N2CCC(C)CC2)cc1. The van der Waals surface area contributed by atoms with E-state index >= 15 is 0 Å². The fraction of sp³-hybridized carbons (Fsp3) is 0.333. The average Bonchev–Trinajstić information content (AvgIpc) is 3.14. The summed E-state index contributed by atoms with van der Waals surface area (Å²) >= 11 is 0.